The van der Waals surface area contributed by atoms with Gasteiger partial charge in [-0.05, 0) is 31.4 Å². The molecule has 1 N–H and O–H groups in total. The van der Waals surface area contributed by atoms with Crippen molar-refractivity contribution in [1.82, 2.24) is 4.98 Å². The summed E-state index contributed by atoms with van der Waals surface area (Å²) >= 11 is 1.42. The first kappa shape index (κ1) is 16.5. The summed E-state index contributed by atoms with van der Waals surface area (Å²) in [7, 11) is 0. The van der Waals surface area contributed by atoms with E-state index in [-0.39, 0.29) is 11.1 Å². The van der Waals surface area contributed by atoms with E-state index in [2.05, 4.69) is 18.8 Å². The van der Waals surface area contributed by atoms with Gasteiger partial charge in [-0.3, -0.25) is 0 Å². The number of para-hydroxylation sites is 1. The van der Waals surface area contributed by atoms with Gasteiger partial charge in [0.05, 0.1) is 11.6 Å². The predicted molar refractivity (Wildman–Crippen MR) is 87.9 cm³/mol. The van der Waals surface area contributed by atoms with Crippen molar-refractivity contribution in [3.05, 3.63) is 46.4 Å². The molecule has 0 radical (unpaired) electrons. The second-order valence-corrected chi connectivity index (χ2v) is 6.70. The van der Waals surface area contributed by atoms with E-state index in [0.29, 0.717) is 6.61 Å². The average molecular weight is 319 g/mol. The number of ether oxygens (including phenoxy) is 1. The molecule has 118 valence electrons. The first-order valence-corrected chi connectivity index (χ1v) is 8.24. The van der Waals surface area contributed by atoms with Gasteiger partial charge in [0.15, 0.2) is 5.69 Å². The highest BCUT2D eigenvalue weighted by Gasteiger charge is 2.25. The van der Waals surface area contributed by atoms with E-state index in [1.54, 1.807) is 5.38 Å². The Kier molecular flexibility index (Phi) is 5.55. The molecule has 0 atom stereocenters. The van der Waals surface area contributed by atoms with Gasteiger partial charge in [-0.25, -0.2) is 9.78 Å². The fourth-order valence-corrected chi connectivity index (χ4v) is 3.11. The molecule has 1 aromatic carbocycles. The van der Waals surface area contributed by atoms with Crippen LogP contribution in [0.3, 0.4) is 0 Å². The molecule has 4 nitrogen and oxygen atoms in total. The number of nitrogens with zero attached hydrogens (tertiary/aromatic N) is 1. The van der Waals surface area contributed by atoms with Crippen LogP contribution in [0.5, 0.6) is 5.75 Å². The van der Waals surface area contributed by atoms with Crippen molar-refractivity contribution in [1.29, 1.82) is 0 Å². The number of hydrogen-bond acceptors (Lipinski definition) is 4. The van der Waals surface area contributed by atoms with Crippen molar-refractivity contribution in [2.45, 2.75) is 38.5 Å². The average Bonchev–Trinajstić information content (AvgIpc) is 2.99. The van der Waals surface area contributed by atoms with Crippen LogP contribution in [0.1, 0.15) is 48.6 Å². The molecule has 1 heterocycles. The van der Waals surface area contributed by atoms with Crippen LogP contribution in [0, 0.1) is 0 Å². The number of carboxylic acids is 1. The van der Waals surface area contributed by atoms with Gasteiger partial charge >= 0.3 is 5.97 Å². The zero-order chi connectivity index (χ0) is 16.0. The molecular formula is C17H21NO3S. The fraction of sp³-hybridized carbons (Fsp3) is 0.412. The van der Waals surface area contributed by atoms with Crippen LogP contribution in [0.4, 0.5) is 0 Å². The molecule has 0 saturated heterocycles. The number of thiazole rings is 1. The molecule has 0 aliphatic heterocycles. The van der Waals surface area contributed by atoms with E-state index < -0.39 is 5.97 Å². The maximum absolute atomic E-state index is 10.9. The lowest BCUT2D eigenvalue weighted by atomic mass is 9.88. The van der Waals surface area contributed by atoms with E-state index in [1.165, 1.54) is 11.3 Å². The van der Waals surface area contributed by atoms with E-state index in [4.69, 9.17) is 9.84 Å². The number of carboxylic acid groups (broad SMARTS) is 1. The summed E-state index contributed by atoms with van der Waals surface area (Å²) in [5, 5.41) is 11.4. The first-order valence-electron chi connectivity index (χ1n) is 7.36. The molecular weight excluding hydrogens is 298 g/mol. The monoisotopic (exact) mass is 319 g/mol. The number of unbranched alkanes of at least 4 members (excludes halogenated alkanes) is 1. The van der Waals surface area contributed by atoms with Crippen molar-refractivity contribution < 1.29 is 14.6 Å². The molecule has 0 bridgehead atoms. The smallest absolute Gasteiger partial charge is 0.355 e. The van der Waals surface area contributed by atoms with E-state index >= 15 is 0 Å². The van der Waals surface area contributed by atoms with E-state index in [0.717, 1.165) is 30.0 Å². The summed E-state index contributed by atoms with van der Waals surface area (Å²) in [4.78, 5) is 15.1. The van der Waals surface area contributed by atoms with Gasteiger partial charge in [0, 0.05) is 10.8 Å². The number of carbonyl (C=O) groups is 1. The van der Waals surface area contributed by atoms with Crippen molar-refractivity contribution in [3.63, 3.8) is 0 Å². The number of aromatic carboxylic acids is 1. The van der Waals surface area contributed by atoms with Gasteiger partial charge in [0.1, 0.15) is 5.75 Å². The zero-order valence-electron chi connectivity index (χ0n) is 12.9. The van der Waals surface area contributed by atoms with Crippen molar-refractivity contribution >= 4 is 17.3 Å². The highest BCUT2D eigenvalue weighted by atomic mass is 32.1. The fourth-order valence-electron chi connectivity index (χ4n) is 2.17. The summed E-state index contributed by atoms with van der Waals surface area (Å²) in [5.74, 6) is -0.0673. The summed E-state index contributed by atoms with van der Waals surface area (Å²) in [5.41, 5.74) is 0.0333. The minimum Gasteiger partial charge on any atom is -0.494 e. The van der Waals surface area contributed by atoms with E-state index in [1.807, 2.05) is 30.3 Å². The highest BCUT2D eigenvalue weighted by Crippen LogP contribution is 2.31. The summed E-state index contributed by atoms with van der Waals surface area (Å²) in [6, 6.07) is 9.79. The molecule has 0 aliphatic rings. The van der Waals surface area contributed by atoms with Gasteiger partial charge in [0.2, 0.25) is 0 Å². The Bertz CT molecular complexity index is 607. The lowest BCUT2D eigenvalue weighted by Gasteiger charge is -2.21. The van der Waals surface area contributed by atoms with Crippen LogP contribution in [0.15, 0.2) is 35.7 Å². The van der Waals surface area contributed by atoms with Gasteiger partial charge < -0.3 is 9.84 Å². The molecule has 0 aliphatic carbocycles. The van der Waals surface area contributed by atoms with Crippen LogP contribution in [-0.4, -0.2) is 22.7 Å². The Morgan fingerprint density at radius 1 is 1.27 bits per heavy atom. The Morgan fingerprint density at radius 2 is 2.00 bits per heavy atom. The second kappa shape index (κ2) is 7.40. The lowest BCUT2D eigenvalue weighted by Crippen LogP contribution is -2.17. The third kappa shape index (κ3) is 4.56. The third-order valence-corrected chi connectivity index (χ3v) is 4.72. The molecule has 0 fully saturated rings. The van der Waals surface area contributed by atoms with Crippen LogP contribution >= 0.6 is 11.3 Å². The van der Waals surface area contributed by atoms with Gasteiger partial charge in [-0.15, -0.1) is 11.3 Å². The van der Waals surface area contributed by atoms with Crippen LogP contribution in [-0.2, 0) is 5.41 Å². The van der Waals surface area contributed by atoms with Crippen LogP contribution in [0.2, 0.25) is 0 Å². The standard InChI is InChI=1S/C17H21NO3S/c1-17(2,16-18-14(12-22-16)15(19)20)10-6-7-11-21-13-8-4-3-5-9-13/h3-5,8-9,12H,6-7,10-11H2,1-2H3,(H,19,20). The highest BCUT2D eigenvalue weighted by molar-refractivity contribution is 7.10. The lowest BCUT2D eigenvalue weighted by molar-refractivity contribution is 0.0691. The summed E-state index contributed by atoms with van der Waals surface area (Å²) in [6.45, 7) is 4.91. The largest absolute Gasteiger partial charge is 0.494 e. The molecule has 5 heteroatoms. The van der Waals surface area contributed by atoms with Gasteiger partial charge in [0.25, 0.3) is 0 Å². The second-order valence-electron chi connectivity index (χ2n) is 5.85. The Morgan fingerprint density at radius 3 is 2.64 bits per heavy atom. The maximum Gasteiger partial charge on any atom is 0.355 e. The summed E-state index contributed by atoms with van der Waals surface area (Å²) < 4.78 is 5.67. The molecule has 22 heavy (non-hydrogen) atoms. The number of benzene rings is 1. The van der Waals surface area contributed by atoms with Crippen molar-refractivity contribution in [2.24, 2.45) is 0 Å². The van der Waals surface area contributed by atoms with Gasteiger partial charge in [-0.2, -0.15) is 0 Å². The quantitative estimate of drug-likeness (QED) is 0.734. The molecule has 2 aromatic rings. The molecule has 1 aromatic heterocycles. The SMILES string of the molecule is CC(C)(CCCCOc1ccccc1)c1nc(C(=O)O)cs1. The number of hydrogen-bond donors (Lipinski definition) is 1. The zero-order valence-corrected chi connectivity index (χ0v) is 13.7. The molecule has 0 amide bonds. The summed E-state index contributed by atoms with van der Waals surface area (Å²) in [6.07, 6.45) is 2.94. The van der Waals surface area contributed by atoms with Crippen molar-refractivity contribution in [3.8, 4) is 5.75 Å². The molecule has 2 rings (SSSR count). The molecule has 0 unspecified atom stereocenters. The van der Waals surface area contributed by atoms with E-state index in [9.17, 15) is 4.79 Å². The van der Waals surface area contributed by atoms with Crippen molar-refractivity contribution in [2.75, 3.05) is 6.61 Å². The normalized spacial score (nSPS) is 11.4. The first-order chi connectivity index (χ1) is 10.5. The maximum atomic E-state index is 10.9. The van der Waals surface area contributed by atoms with Gasteiger partial charge in [-0.1, -0.05) is 32.0 Å². The van der Waals surface area contributed by atoms with Crippen LogP contribution < -0.4 is 4.74 Å². The predicted octanol–water partition coefficient (Wildman–Crippen LogP) is 4.37. The number of aromatic nitrogens is 1. The third-order valence-electron chi connectivity index (χ3n) is 3.51. The Labute approximate surface area is 134 Å². The molecule has 0 spiro atoms. The minimum atomic E-state index is -0.963. The Balaban J connectivity index is 1.76. The minimum absolute atomic E-state index is 0.106. The number of rotatable bonds is 8. The Hall–Kier alpha value is -1.88. The topological polar surface area (TPSA) is 59.4 Å². The molecule has 0 saturated carbocycles. The van der Waals surface area contributed by atoms with Crippen LogP contribution in [0.25, 0.3) is 0 Å².